The van der Waals surface area contributed by atoms with Crippen molar-refractivity contribution in [3.05, 3.63) is 16.3 Å². The normalized spacial score (nSPS) is 18.5. The Kier molecular flexibility index (Phi) is 6.01. The molecule has 0 bridgehead atoms. The number of nitrogens with one attached hydrogen (secondary N) is 1. The van der Waals surface area contributed by atoms with E-state index in [9.17, 15) is 18.7 Å². The molecule has 7 heteroatoms. The molecule has 1 heterocycles. The molecule has 0 aliphatic heterocycles. The van der Waals surface area contributed by atoms with E-state index in [0.29, 0.717) is 29.5 Å². The molecule has 2 rings (SSSR count). The number of alkyl halides is 2. The maximum Gasteiger partial charge on any atom is 0.288 e. The zero-order valence-corrected chi connectivity index (χ0v) is 13.2. The minimum atomic E-state index is -2.54. The Balaban J connectivity index is 1.93. The maximum absolute atomic E-state index is 12.4. The van der Waals surface area contributed by atoms with E-state index < -0.39 is 11.4 Å². The van der Waals surface area contributed by atoms with E-state index in [-0.39, 0.29) is 17.3 Å². The lowest BCUT2D eigenvalue weighted by Gasteiger charge is -2.26. The summed E-state index contributed by atoms with van der Waals surface area (Å²) >= 11 is 1.52. The van der Waals surface area contributed by atoms with Crippen molar-refractivity contribution in [1.29, 1.82) is 0 Å². The SMILES string of the molecule is O=C(NCC1(O)CCCCCC1)c1sccc1SC(F)F. The summed E-state index contributed by atoms with van der Waals surface area (Å²) in [6.07, 6.45) is 5.48. The summed E-state index contributed by atoms with van der Waals surface area (Å²) in [5, 5.41) is 14.8. The molecule has 1 aliphatic rings. The van der Waals surface area contributed by atoms with Crippen LogP contribution in [-0.4, -0.2) is 28.9 Å². The number of thiophene rings is 1. The molecule has 1 aromatic heterocycles. The Morgan fingerprint density at radius 2 is 2.05 bits per heavy atom. The standard InChI is InChI=1S/C14H19F2NO2S2/c15-13(16)21-10-5-8-20-11(10)12(18)17-9-14(19)6-3-1-2-4-7-14/h5,8,13,19H,1-4,6-7,9H2,(H,17,18). The first-order valence-corrected chi connectivity index (χ1v) is 8.79. The second kappa shape index (κ2) is 7.56. The number of carbonyl (C=O) groups is 1. The number of amides is 1. The fourth-order valence-electron chi connectivity index (χ4n) is 2.54. The van der Waals surface area contributed by atoms with Crippen LogP contribution in [0.4, 0.5) is 8.78 Å². The van der Waals surface area contributed by atoms with Gasteiger partial charge in [-0.1, -0.05) is 37.4 Å². The van der Waals surface area contributed by atoms with Crippen LogP contribution in [0, 0.1) is 0 Å². The predicted octanol–water partition coefficient (Wildman–Crippen LogP) is 3.88. The molecule has 118 valence electrons. The van der Waals surface area contributed by atoms with Crippen molar-refractivity contribution in [2.45, 2.75) is 54.8 Å². The van der Waals surface area contributed by atoms with Crippen molar-refractivity contribution < 1.29 is 18.7 Å². The van der Waals surface area contributed by atoms with Gasteiger partial charge in [0.25, 0.3) is 11.7 Å². The monoisotopic (exact) mass is 335 g/mol. The van der Waals surface area contributed by atoms with E-state index in [2.05, 4.69) is 5.32 Å². The number of aliphatic hydroxyl groups is 1. The van der Waals surface area contributed by atoms with Gasteiger partial charge in [0.05, 0.1) is 5.60 Å². The van der Waals surface area contributed by atoms with Gasteiger partial charge in [0.2, 0.25) is 0 Å². The largest absolute Gasteiger partial charge is 0.388 e. The summed E-state index contributed by atoms with van der Waals surface area (Å²) in [6.45, 7) is 0.183. The highest BCUT2D eigenvalue weighted by molar-refractivity contribution is 7.99. The van der Waals surface area contributed by atoms with Crippen LogP contribution in [0.3, 0.4) is 0 Å². The average Bonchev–Trinajstić information content (AvgIpc) is 2.76. The van der Waals surface area contributed by atoms with Crippen LogP contribution in [0.25, 0.3) is 0 Å². The molecule has 0 aromatic carbocycles. The molecule has 0 saturated heterocycles. The number of halogens is 2. The lowest BCUT2D eigenvalue weighted by molar-refractivity contribution is 0.0246. The highest BCUT2D eigenvalue weighted by Crippen LogP contribution is 2.32. The number of carbonyl (C=O) groups excluding carboxylic acids is 1. The Labute approximate surface area is 131 Å². The third-order valence-corrected chi connectivity index (χ3v) is 5.48. The molecule has 0 spiro atoms. The maximum atomic E-state index is 12.4. The van der Waals surface area contributed by atoms with E-state index in [1.54, 1.807) is 5.38 Å². The van der Waals surface area contributed by atoms with Gasteiger partial charge < -0.3 is 10.4 Å². The van der Waals surface area contributed by atoms with Crippen LogP contribution < -0.4 is 5.32 Å². The van der Waals surface area contributed by atoms with E-state index in [1.165, 1.54) is 6.07 Å². The number of hydrogen-bond donors (Lipinski definition) is 2. The molecule has 0 atom stereocenters. The topological polar surface area (TPSA) is 49.3 Å². The quantitative estimate of drug-likeness (QED) is 0.634. The molecule has 2 N–H and O–H groups in total. The van der Waals surface area contributed by atoms with Crippen LogP contribution >= 0.6 is 23.1 Å². The molecule has 1 amide bonds. The molecule has 3 nitrogen and oxygen atoms in total. The van der Waals surface area contributed by atoms with Crippen LogP contribution in [0.1, 0.15) is 48.2 Å². The Hall–Kier alpha value is -0.660. The van der Waals surface area contributed by atoms with Gasteiger partial charge in [0.1, 0.15) is 4.88 Å². The lowest BCUT2D eigenvalue weighted by Crippen LogP contribution is -2.42. The zero-order chi connectivity index (χ0) is 15.3. The summed E-state index contributed by atoms with van der Waals surface area (Å²) in [4.78, 5) is 12.7. The number of hydrogen-bond acceptors (Lipinski definition) is 4. The first kappa shape index (κ1) is 16.7. The van der Waals surface area contributed by atoms with Crippen LogP contribution in [-0.2, 0) is 0 Å². The highest BCUT2D eigenvalue weighted by Gasteiger charge is 2.29. The van der Waals surface area contributed by atoms with Gasteiger partial charge in [0.15, 0.2) is 0 Å². The van der Waals surface area contributed by atoms with Crippen LogP contribution in [0.5, 0.6) is 0 Å². The smallest absolute Gasteiger partial charge is 0.288 e. The lowest BCUT2D eigenvalue weighted by atomic mass is 9.94. The predicted molar refractivity (Wildman–Crippen MR) is 81.2 cm³/mol. The van der Waals surface area contributed by atoms with E-state index in [4.69, 9.17) is 0 Å². The first-order valence-electron chi connectivity index (χ1n) is 7.03. The molecule has 1 fully saturated rings. The van der Waals surface area contributed by atoms with Gasteiger partial charge in [-0.05, 0) is 24.3 Å². The van der Waals surface area contributed by atoms with E-state index >= 15 is 0 Å². The van der Waals surface area contributed by atoms with Crippen molar-refractivity contribution in [1.82, 2.24) is 5.32 Å². The molecule has 0 radical (unpaired) electrons. The molecular formula is C14H19F2NO2S2. The molecular weight excluding hydrogens is 316 g/mol. The van der Waals surface area contributed by atoms with Gasteiger partial charge in [-0.3, -0.25) is 4.79 Å². The van der Waals surface area contributed by atoms with Gasteiger partial charge in [0, 0.05) is 11.4 Å². The zero-order valence-electron chi connectivity index (χ0n) is 11.6. The second-order valence-electron chi connectivity index (χ2n) is 5.31. The third-order valence-electron chi connectivity index (χ3n) is 3.66. The fraction of sp³-hybridized carbons (Fsp3) is 0.643. The summed E-state index contributed by atoms with van der Waals surface area (Å²) in [5.41, 5.74) is -0.862. The minimum Gasteiger partial charge on any atom is -0.388 e. The summed E-state index contributed by atoms with van der Waals surface area (Å²) in [5.74, 6) is -2.93. The van der Waals surface area contributed by atoms with Crippen molar-refractivity contribution in [2.75, 3.05) is 6.54 Å². The van der Waals surface area contributed by atoms with Crippen molar-refractivity contribution >= 4 is 29.0 Å². The van der Waals surface area contributed by atoms with Crippen LogP contribution in [0.15, 0.2) is 16.3 Å². The van der Waals surface area contributed by atoms with Gasteiger partial charge >= 0.3 is 0 Å². The Bertz CT molecular complexity index is 471. The van der Waals surface area contributed by atoms with Gasteiger partial charge in [-0.25, -0.2) is 0 Å². The molecule has 1 aromatic rings. The van der Waals surface area contributed by atoms with Gasteiger partial charge in [-0.15, -0.1) is 11.3 Å². The van der Waals surface area contributed by atoms with Gasteiger partial charge in [-0.2, -0.15) is 8.78 Å². The molecule has 21 heavy (non-hydrogen) atoms. The molecule has 0 unspecified atom stereocenters. The summed E-state index contributed by atoms with van der Waals surface area (Å²) in [6, 6.07) is 1.52. The van der Waals surface area contributed by atoms with E-state index in [0.717, 1.165) is 37.0 Å². The minimum absolute atomic E-state index is 0.183. The fourth-order valence-corrected chi connectivity index (χ4v) is 4.16. The highest BCUT2D eigenvalue weighted by atomic mass is 32.2. The van der Waals surface area contributed by atoms with Crippen molar-refractivity contribution in [2.24, 2.45) is 0 Å². The average molecular weight is 335 g/mol. The summed E-state index contributed by atoms with van der Waals surface area (Å²) < 4.78 is 24.8. The molecule has 1 aliphatic carbocycles. The summed E-state index contributed by atoms with van der Waals surface area (Å²) in [7, 11) is 0. The van der Waals surface area contributed by atoms with Crippen molar-refractivity contribution in [3.63, 3.8) is 0 Å². The third kappa shape index (κ3) is 4.93. The van der Waals surface area contributed by atoms with E-state index in [1.807, 2.05) is 0 Å². The first-order chi connectivity index (χ1) is 10.0. The van der Waals surface area contributed by atoms with Crippen LogP contribution in [0.2, 0.25) is 0 Å². The number of rotatable bonds is 5. The Morgan fingerprint density at radius 3 is 2.67 bits per heavy atom. The Morgan fingerprint density at radius 1 is 1.38 bits per heavy atom. The number of thioether (sulfide) groups is 1. The van der Waals surface area contributed by atoms with Crippen molar-refractivity contribution in [3.8, 4) is 0 Å². The molecule has 1 saturated carbocycles. The second-order valence-corrected chi connectivity index (χ2v) is 7.26.